The van der Waals surface area contributed by atoms with Crippen LogP contribution < -0.4 is 10.9 Å². The Morgan fingerprint density at radius 2 is 1.72 bits per heavy atom. The minimum absolute atomic E-state index is 0.131. The van der Waals surface area contributed by atoms with Gasteiger partial charge in [-0.1, -0.05) is 42.5 Å². The van der Waals surface area contributed by atoms with Crippen molar-refractivity contribution < 1.29 is 22.8 Å². The monoisotopic (exact) mass is 400 g/mol. The third-order valence-corrected chi connectivity index (χ3v) is 3.83. The summed E-state index contributed by atoms with van der Waals surface area (Å²) in [6.07, 6.45) is -2.25. The van der Waals surface area contributed by atoms with Gasteiger partial charge in [-0.3, -0.25) is 25.5 Å². The highest BCUT2D eigenvalue weighted by Gasteiger charge is 2.30. The van der Waals surface area contributed by atoms with Crippen LogP contribution in [0.15, 0.2) is 66.7 Å². The van der Waals surface area contributed by atoms with Crippen LogP contribution in [0.4, 0.5) is 13.2 Å². The lowest BCUT2D eigenvalue weighted by Crippen LogP contribution is -2.40. The summed E-state index contributed by atoms with van der Waals surface area (Å²) < 4.78 is 38.1. The number of H-pyrrole nitrogens is 1. The van der Waals surface area contributed by atoms with Crippen molar-refractivity contribution in [1.82, 2.24) is 21.0 Å². The molecule has 0 fully saturated rings. The van der Waals surface area contributed by atoms with Crippen LogP contribution >= 0.6 is 0 Å². The molecule has 3 N–H and O–H groups in total. The summed E-state index contributed by atoms with van der Waals surface area (Å²) in [5, 5.41) is 6.60. The molecule has 0 aliphatic rings. The molecule has 0 atom stereocenters. The Balaban J connectivity index is 1.56. The van der Waals surface area contributed by atoms with Crippen LogP contribution in [0.5, 0.6) is 0 Å². The van der Waals surface area contributed by atoms with Crippen molar-refractivity contribution in [2.24, 2.45) is 0 Å². The maximum atomic E-state index is 12.7. The molecule has 3 rings (SSSR count). The first-order valence-corrected chi connectivity index (χ1v) is 8.39. The number of nitrogens with zero attached hydrogens (tertiary/aromatic N) is 1. The van der Waals surface area contributed by atoms with E-state index in [0.717, 1.165) is 23.8 Å². The van der Waals surface area contributed by atoms with Crippen LogP contribution in [0, 0.1) is 0 Å². The molecule has 9 heteroatoms. The molecule has 0 aliphatic heterocycles. The SMILES string of the molecule is O=C(/C=C/c1cccc(C(F)(F)F)c1)NNC(=O)c1cc(-c2ccccc2)n[nH]1. The fourth-order valence-corrected chi connectivity index (χ4v) is 2.41. The molecule has 0 spiro atoms. The molecule has 0 bridgehead atoms. The summed E-state index contributed by atoms with van der Waals surface area (Å²) in [6, 6.07) is 15.2. The van der Waals surface area contributed by atoms with Gasteiger partial charge in [-0.25, -0.2) is 0 Å². The summed E-state index contributed by atoms with van der Waals surface area (Å²) in [5.41, 5.74) is 5.23. The van der Waals surface area contributed by atoms with Gasteiger partial charge in [-0.2, -0.15) is 18.3 Å². The summed E-state index contributed by atoms with van der Waals surface area (Å²) >= 11 is 0. The molecule has 2 aromatic carbocycles. The van der Waals surface area contributed by atoms with E-state index < -0.39 is 23.6 Å². The van der Waals surface area contributed by atoms with E-state index in [1.165, 1.54) is 24.3 Å². The van der Waals surface area contributed by atoms with E-state index in [4.69, 9.17) is 0 Å². The maximum Gasteiger partial charge on any atom is 0.416 e. The summed E-state index contributed by atoms with van der Waals surface area (Å²) in [4.78, 5) is 23.9. The molecule has 3 aromatic rings. The van der Waals surface area contributed by atoms with E-state index in [-0.39, 0.29) is 11.3 Å². The molecule has 0 aliphatic carbocycles. The molecule has 148 valence electrons. The van der Waals surface area contributed by atoms with Gasteiger partial charge < -0.3 is 0 Å². The van der Waals surface area contributed by atoms with Gasteiger partial charge in [0.1, 0.15) is 5.69 Å². The second-order valence-corrected chi connectivity index (χ2v) is 5.93. The molecular weight excluding hydrogens is 385 g/mol. The van der Waals surface area contributed by atoms with Crippen molar-refractivity contribution >= 4 is 17.9 Å². The molecule has 0 saturated carbocycles. The van der Waals surface area contributed by atoms with E-state index in [0.29, 0.717) is 5.69 Å². The van der Waals surface area contributed by atoms with Gasteiger partial charge in [0.05, 0.1) is 11.3 Å². The summed E-state index contributed by atoms with van der Waals surface area (Å²) in [6.45, 7) is 0. The van der Waals surface area contributed by atoms with Gasteiger partial charge in [0.2, 0.25) is 0 Å². The van der Waals surface area contributed by atoms with Gasteiger partial charge in [0.15, 0.2) is 0 Å². The Kier molecular flexibility index (Phi) is 5.77. The quantitative estimate of drug-likeness (QED) is 0.462. The van der Waals surface area contributed by atoms with Crippen LogP contribution in [0.3, 0.4) is 0 Å². The van der Waals surface area contributed by atoms with Crippen LogP contribution in [-0.2, 0) is 11.0 Å². The number of carbonyl (C=O) groups excluding carboxylic acids is 2. The van der Waals surface area contributed by atoms with E-state index in [9.17, 15) is 22.8 Å². The molecule has 0 saturated heterocycles. The molecule has 0 radical (unpaired) electrons. The van der Waals surface area contributed by atoms with Crippen molar-refractivity contribution in [3.63, 3.8) is 0 Å². The van der Waals surface area contributed by atoms with Gasteiger partial charge >= 0.3 is 6.18 Å². The Hall–Kier alpha value is -3.88. The van der Waals surface area contributed by atoms with Crippen LogP contribution in [0.25, 0.3) is 17.3 Å². The van der Waals surface area contributed by atoms with E-state index in [2.05, 4.69) is 21.0 Å². The average Bonchev–Trinajstić information content (AvgIpc) is 3.21. The first kappa shape index (κ1) is 19.9. The summed E-state index contributed by atoms with van der Waals surface area (Å²) in [7, 11) is 0. The van der Waals surface area contributed by atoms with Crippen molar-refractivity contribution in [3.05, 3.63) is 83.6 Å². The first-order chi connectivity index (χ1) is 13.8. The fourth-order valence-electron chi connectivity index (χ4n) is 2.41. The largest absolute Gasteiger partial charge is 0.416 e. The number of amides is 2. The standard InChI is InChI=1S/C20H15F3N4O2/c21-20(22,23)15-8-4-5-13(11-15)9-10-18(28)26-27-19(29)17-12-16(24-25-17)14-6-2-1-3-7-14/h1-12H,(H,24,25)(H,26,28)(H,27,29)/b10-9+. The lowest BCUT2D eigenvalue weighted by molar-refractivity contribution is -0.137. The predicted octanol–water partition coefficient (Wildman–Crippen LogP) is 3.57. The van der Waals surface area contributed by atoms with Gasteiger partial charge in [-0.05, 0) is 29.8 Å². The van der Waals surface area contributed by atoms with Gasteiger partial charge in [0.25, 0.3) is 11.8 Å². The average molecular weight is 400 g/mol. The number of hydrogen-bond acceptors (Lipinski definition) is 3. The minimum atomic E-state index is -4.47. The Morgan fingerprint density at radius 3 is 2.45 bits per heavy atom. The maximum absolute atomic E-state index is 12.7. The molecule has 1 aromatic heterocycles. The minimum Gasteiger partial charge on any atom is -0.272 e. The number of nitrogens with one attached hydrogen (secondary N) is 3. The molecule has 1 heterocycles. The number of aromatic amines is 1. The van der Waals surface area contributed by atoms with Crippen molar-refractivity contribution in [1.29, 1.82) is 0 Å². The lowest BCUT2D eigenvalue weighted by Gasteiger charge is -2.06. The Labute approximate surface area is 163 Å². The fraction of sp³-hybridized carbons (Fsp3) is 0.0500. The van der Waals surface area contributed by atoms with E-state index in [1.54, 1.807) is 0 Å². The van der Waals surface area contributed by atoms with Crippen molar-refractivity contribution in [3.8, 4) is 11.3 Å². The molecular formula is C20H15F3N4O2. The first-order valence-electron chi connectivity index (χ1n) is 8.39. The highest BCUT2D eigenvalue weighted by molar-refractivity contribution is 5.97. The Bertz CT molecular complexity index is 1040. The van der Waals surface area contributed by atoms with Crippen molar-refractivity contribution in [2.75, 3.05) is 0 Å². The molecule has 6 nitrogen and oxygen atoms in total. The highest BCUT2D eigenvalue weighted by Crippen LogP contribution is 2.29. The van der Waals surface area contributed by atoms with Crippen molar-refractivity contribution in [2.45, 2.75) is 6.18 Å². The van der Waals surface area contributed by atoms with Crippen LogP contribution in [0.1, 0.15) is 21.6 Å². The topological polar surface area (TPSA) is 86.9 Å². The number of halogens is 3. The number of hydrazine groups is 1. The number of hydrogen-bond donors (Lipinski definition) is 3. The van der Waals surface area contributed by atoms with Gasteiger partial charge in [-0.15, -0.1) is 0 Å². The normalized spacial score (nSPS) is 11.4. The zero-order valence-corrected chi connectivity index (χ0v) is 14.8. The molecule has 2 amide bonds. The zero-order valence-electron chi connectivity index (χ0n) is 14.8. The number of alkyl halides is 3. The van der Waals surface area contributed by atoms with Gasteiger partial charge in [0, 0.05) is 11.6 Å². The van der Waals surface area contributed by atoms with E-state index in [1.807, 2.05) is 30.3 Å². The lowest BCUT2D eigenvalue weighted by atomic mass is 10.1. The molecule has 0 unspecified atom stereocenters. The highest BCUT2D eigenvalue weighted by atomic mass is 19.4. The summed E-state index contributed by atoms with van der Waals surface area (Å²) in [5.74, 6) is -1.33. The third kappa shape index (κ3) is 5.32. The number of aromatic nitrogens is 2. The third-order valence-electron chi connectivity index (χ3n) is 3.83. The second kappa shape index (κ2) is 8.42. The van der Waals surface area contributed by atoms with E-state index >= 15 is 0 Å². The number of benzene rings is 2. The number of carbonyl (C=O) groups is 2. The van der Waals surface area contributed by atoms with Crippen LogP contribution in [0.2, 0.25) is 0 Å². The second-order valence-electron chi connectivity index (χ2n) is 5.93. The molecule has 29 heavy (non-hydrogen) atoms. The zero-order chi connectivity index (χ0) is 20.9. The van der Waals surface area contributed by atoms with Crippen LogP contribution in [-0.4, -0.2) is 22.0 Å². The Morgan fingerprint density at radius 1 is 0.966 bits per heavy atom. The number of rotatable bonds is 4. The smallest absolute Gasteiger partial charge is 0.272 e. The predicted molar refractivity (Wildman–Crippen MR) is 100 cm³/mol.